The van der Waals surface area contributed by atoms with Crippen molar-refractivity contribution in [2.45, 2.75) is 107 Å². The van der Waals surface area contributed by atoms with Gasteiger partial charge in [-0.1, -0.05) is 12.8 Å². The second-order valence-corrected chi connectivity index (χ2v) is 13.9. The van der Waals surface area contributed by atoms with Crippen molar-refractivity contribution in [3.05, 3.63) is 0 Å². The maximum Gasteiger partial charge on any atom is 0.227 e. The first-order valence-corrected chi connectivity index (χ1v) is 16.5. The predicted molar refractivity (Wildman–Crippen MR) is 159 cm³/mol. The molecule has 12 heteroatoms. The van der Waals surface area contributed by atoms with Gasteiger partial charge in [0, 0.05) is 57.3 Å². The maximum atomic E-state index is 15.5. The van der Waals surface area contributed by atoms with E-state index in [1.807, 2.05) is 4.90 Å². The van der Waals surface area contributed by atoms with Crippen LogP contribution in [0.25, 0.3) is 0 Å². The first-order valence-electron chi connectivity index (χ1n) is 16.5. The van der Waals surface area contributed by atoms with Crippen molar-refractivity contribution in [2.24, 2.45) is 28.7 Å². The number of rotatable bonds is 6. The van der Waals surface area contributed by atoms with Gasteiger partial charge < -0.3 is 37.6 Å². The molecule has 2 amide bonds. The van der Waals surface area contributed by atoms with Crippen LogP contribution in [0.4, 0.5) is 8.78 Å². The first kappa shape index (κ1) is 32.0. The molecule has 5 aliphatic rings. The fourth-order valence-corrected chi connectivity index (χ4v) is 8.55. The van der Waals surface area contributed by atoms with Crippen molar-refractivity contribution in [3.63, 3.8) is 0 Å². The lowest BCUT2D eigenvalue weighted by Crippen LogP contribution is -2.68. The molecule has 1 spiro atoms. The molecule has 0 radical (unpaired) electrons. The molecule has 0 bridgehead atoms. The quantitative estimate of drug-likeness (QED) is 0.239. The number of piperazine rings is 1. The van der Waals surface area contributed by atoms with E-state index in [9.17, 15) is 14.0 Å². The zero-order chi connectivity index (χ0) is 29.9. The van der Waals surface area contributed by atoms with Gasteiger partial charge in [-0.15, -0.1) is 0 Å². The molecule has 7 atom stereocenters. The molecule has 10 nitrogen and oxygen atoms in total. The van der Waals surface area contributed by atoms with E-state index in [1.165, 1.54) is 0 Å². The Kier molecular flexibility index (Phi) is 10.7. The van der Waals surface area contributed by atoms with Crippen LogP contribution in [0.2, 0.25) is 0 Å². The van der Waals surface area contributed by atoms with Gasteiger partial charge >= 0.3 is 0 Å². The van der Waals surface area contributed by atoms with Gasteiger partial charge in [0.05, 0.1) is 24.2 Å². The van der Waals surface area contributed by atoms with Gasteiger partial charge in [-0.25, -0.2) is 8.78 Å². The highest BCUT2D eigenvalue weighted by molar-refractivity contribution is 5.81. The van der Waals surface area contributed by atoms with Gasteiger partial charge in [0.15, 0.2) is 0 Å². The Labute approximate surface area is 249 Å². The average Bonchev–Trinajstić information content (AvgIpc) is 3.43. The van der Waals surface area contributed by atoms with Gasteiger partial charge in [-0.2, -0.15) is 0 Å². The van der Waals surface area contributed by atoms with Crippen LogP contribution < -0.4 is 32.7 Å². The predicted octanol–water partition coefficient (Wildman–Crippen LogP) is 0.214. The number of nitrogens with one attached hydrogen (secondary N) is 4. The summed E-state index contributed by atoms with van der Waals surface area (Å²) in [5.41, 5.74) is 12.5. The highest BCUT2D eigenvalue weighted by Crippen LogP contribution is 2.47. The smallest absolute Gasteiger partial charge is 0.227 e. The van der Waals surface area contributed by atoms with Gasteiger partial charge in [-0.3, -0.25) is 14.5 Å². The summed E-state index contributed by atoms with van der Waals surface area (Å²) in [4.78, 5) is 31.2. The number of nitrogens with two attached hydrogens (primary N) is 2. The topological polar surface area (TPSA) is 141 Å². The maximum absolute atomic E-state index is 15.5. The van der Waals surface area contributed by atoms with Crippen LogP contribution >= 0.6 is 0 Å². The Morgan fingerprint density at radius 3 is 2.40 bits per heavy atom. The van der Waals surface area contributed by atoms with Crippen molar-refractivity contribution < 1.29 is 18.4 Å². The van der Waals surface area contributed by atoms with E-state index in [2.05, 4.69) is 33.1 Å². The summed E-state index contributed by atoms with van der Waals surface area (Å²) in [6, 6.07) is -1.01. The van der Waals surface area contributed by atoms with Crippen LogP contribution in [0, 0.1) is 17.3 Å². The molecule has 0 aromatic carbocycles. The minimum absolute atomic E-state index is 0.0132. The van der Waals surface area contributed by atoms with Crippen molar-refractivity contribution in [2.75, 3.05) is 52.4 Å². The number of piperidine rings is 2. The van der Waals surface area contributed by atoms with Crippen molar-refractivity contribution in [1.29, 1.82) is 0 Å². The molecule has 6 unspecified atom stereocenters. The summed E-state index contributed by atoms with van der Waals surface area (Å²) < 4.78 is 30.2. The monoisotopic (exact) mass is 596 g/mol. The third-order valence-corrected chi connectivity index (χ3v) is 10.9. The average molecular weight is 597 g/mol. The second kappa shape index (κ2) is 14.1. The van der Waals surface area contributed by atoms with E-state index in [4.69, 9.17) is 11.5 Å². The normalized spacial score (nSPS) is 36.0. The van der Waals surface area contributed by atoms with Gasteiger partial charge in [0.2, 0.25) is 11.8 Å². The molecule has 0 aromatic rings. The second-order valence-electron chi connectivity index (χ2n) is 13.9. The lowest BCUT2D eigenvalue weighted by atomic mass is 9.72. The SMILES string of the molecule is C[C@@H]1CN(C(=O)C2CCN(C3C(F)CNCC3NC(=O)C(C(N)N)C3CC4(CCCC4)CCC(F)CN3)CC2)CCN1. The Balaban J connectivity index is 1.23. The van der Waals surface area contributed by atoms with Crippen molar-refractivity contribution >= 4 is 11.8 Å². The van der Waals surface area contributed by atoms with E-state index >= 15 is 4.39 Å². The van der Waals surface area contributed by atoms with Crippen molar-refractivity contribution in [1.82, 2.24) is 31.1 Å². The van der Waals surface area contributed by atoms with E-state index in [0.717, 1.165) is 58.2 Å². The van der Waals surface area contributed by atoms with Gasteiger partial charge in [0.25, 0.3) is 0 Å². The first-order chi connectivity index (χ1) is 20.2. The molecule has 5 rings (SSSR count). The van der Waals surface area contributed by atoms with E-state index in [1.54, 1.807) is 0 Å². The summed E-state index contributed by atoms with van der Waals surface area (Å²) >= 11 is 0. The molecular formula is C30H54F2N8O2. The minimum Gasteiger partial charge on any atom is -0.350 e. The largest absolute Gasteiger partial charge is 0.350 e. The number of hydrogen-bond donors (Lipinski definition) is 6. The standard InChI is InChI=1S/C30H54F2N8O2/c1-19-18-40(13-10-36-19)29(42)20-5-11-39(12-6-20)26-22(32)16-35-17-24(26)38-28(41)25(27(33)34)23-14-30(7-2-3-8-30)9-4-21(31)15-37-23/h19-27,35-37H,2-18,33-34H2,1H3,(H,38,41)/t19-,21?,22?,23?,24?,25?,26?/m1/s1. The number of carbonyl (C=O) groups excluding carboxylic acids is 2. The lowest BCUT2D eigenvalue weighted by Gasteiger charge is -2.46. The van der Waals surface area contributed by atoms with Crippen LogP contribution in [0.3, 0.4) is 0 Å². The fourth-order valence-electron chi connectivity index (χ4n) is 8.55. The molecular weight excluding hydrogens is 542 g/mol. The van der Waals surface area contributed by atoms with Crippen LogP contribution in [0.1, 0.15) is 64.7 Å². The minimum atomic E-state index is -1.16. The molecule has 4 heterocycles. The highest BCUT2D eigenvalue weighted by Gasteiger charge is 2.45. The number of halogens is 2. The highest BCUT2D eigenvalue weighted by atomic mass is 19.1. The molecule has 1 aliphatic carbocycles. The van der Waals surface area contributed by atoms with E-state index in [-0.39, 0.29) is 42.3 Å². The van der Waals surface area contributed by atoms with E-state index < -0.39 is 36.5 Å². The van der Waals surface area contributed by atoms with E-state index in [0.29, 0.717) is 44.9 Å². The zero-order valence-electron chi connectivity index (χ0n) is 25.3. The molecule has 240 valence electrons. The summed E-state index contributed by atoms with van der Waals surface area (Å²) in [5.74, 6) is -0.891. The van der Waals surface area contributed by atoms with Crippen LogP contribution in [-0.4, -0.2) is 117 Å². The zero-order valence-corrected chi connectivity index (χ0v) is 25.3. The Morgan fingerprint density at radius 1 is 0.976 bits per heavy atom. The summed E-state index contributed by atoms with van der Waals surface area (Å²) in [7, 11) is 0. The number of likely N-dealkylation sites (tertiary alicyclic amines) is 1. The number of amides is 2. The Bertz CT molecular complexity index is 914. The third kappa shape index (κ3) is 7.43. The molecule has 5 fully saturated rings. The molecule has 1 saturated carbocycles. The molecule has 4 saturated heterocycles. The fraction of sp³-hybridized carbons (Fsp3) is 0.933. The molecule has 4 aliphatic heterocycles. The molecule has 42 heavy (non-hydrogen) atoms. The number of carbonyl (C=O) groups is 2. The van der Waals surface area contributed by atoms with Crippen LogP contribution in [-0.2, 0) is 9.59 Å². The van der Waals surface area contributed by atoms with Crippen LogP contribution in [0.15, 0.2) is 0 Å². The third-order valence-electron chi connectivity index (χ3n) is 10.9. The number of nitrogens with zero attached hydrogens (tertiary/aromatic N) is 2. The van der Waals surface area contributed by atoms with Crippen LogP contribution in [0.5, 0.6) is 0 Å². The molecule has 8 N–H and O–H groups in total. The Morgan fingerprint density at radius 2 is 1.71 bits per heavy atom. The Hall–Kier alpha value is -1.44. The molecule has 0 aromatic heterocycles. The van der Waals surface area contributed by atoms with Gasteiger partial charge in [-0.05, 0) is 70.4 Å². The lowest BCUT2D eigenvalue weighted by molar-refractivity contribution is -0.138. The van der Waals surface area contributed by atoms with Crippen molar-refractivity contribution in [3.8, 4) is 0 Å². The number of alkyl halides is 2. The summed E-state index contributed by atoms with van der Waals surface area (Å²) in [5, 5.41) is 13.0. The summed E-state index contributed by atoms with van der Waals surface area (Å²) in [6.07, 6.45) is 4.74. The number of hydrogen-bond acceptors (Lipinski definition) is 8. The summed E-state index contributed by atoms with van der Waals surface area (Å²) in [6.45, 7) is 6.42. The van der Waals surface area contributed by atoms with Gasteiger partial charge in [0.1, 0.15) is 12.3 Å².